The summed E-state index contributed by atoms with van der Waals surface area (Å²) in [7, 11) is 0. The average Bonchev–Trinajstić information content (AvgIpc) is 2.83. The molecule has 102 valence electrons. The quantitative estimate of drug-likeness (QED) is 0.509. The lowest BCUT2D eigenvalue weighted by Crippen LogP contribution is -2.27. The van der Waals surface area contributed by atoms with Crippen LogP contribution in [0.5, 0.6) is 0 Å². The Morgan fingerprint density at radius 1 is 1.58 bits per heavy atom. The minimum absolute atomic E-state index is 0.0452. The summed E-state index contributed by atoms with van der Waals surface area (Å²) in [4.78, 5) is 21.2. The van der Waals surface area contributed by atoms with E-state index in [1.54, 1.807) is 12.1 Å². The van der Waals surface area contributed by atoms with Crippen LogP contribution in [0.15, 0.2) is 18.2 Å². The molecule has 1 aromatic carbocycles. The van der Waals surface area contributed by atoms with Crippen molar-refractivity contribution in [2.24, 2.45) is 0 Å². The van der Waals surface area contributed by atoms with Gasteiger partial charge < -0.3 is 5.32 Å². The maximum atomic E-state index is 11.0. The Labute approximate surface area is 115 Å². The van der Waals surface area contributed by atoms with E-state index < -0.39 is 4.92 Å². The third-order valence-corrected chi connectivity index (χ3v) is 4.85. The first-order valence-corrected chi connectivity index (χ1v) is 7.14. The second kappa shape index (κ2) is 5.61. The Hall–Kier alpha value is -1.56. The van der Waals surface area contributed by atoms with E-state index in [4.69, 9.17) is 0 Å². The summed E-state index contributed by atoms with van der Waals surface area (Å²) < 4.78 is 0.136. The maximum Gasteiger partial charge on any atom is 0.293 e. The second-order valence-corrected chi connectivity index (χ2v) is 6.59. The van der Waals surface area contributed by atoms with E-state index in [-0.39, 0.29) is 10.4 Å². The van der Waals surface area contributed by atoms with E-state index in [1.807, 2.05) is 11.8 Å². The van der Waals surface area contributed by atoms with Crippen molar-refractivity contribution in [2.45, 2.75) is 24.5 Å². The van der Waals surface area contributed by atoms with Crippen LogP contribution < -0.4 is 5.32 Å². The molecule has 0 radical (unpaired) electrons. The van der Waals surface area contributed by atoms with Gasteiger partial charge in [-0.3, -0.25) is 14.9 Å². The van der Waals surface area contributed by atoms with Gasteiger partial charge in [-0.1, -0.05) is 0 Å². The number of nitrogens with one attached hydrogen (secondary N) is 1. The minimum Gasteiger partial charge on any atom is -0.378 e. The molecule has 1 aliphatic rings. The minimum atomic E-state index is -0.459. The molecule has 0 spiro atoms. The molecule has 0 saturated carbocycles. The predicted octanol–water partition coefficient (Wildman–Crippen LogP) is 3.10. The zero-order valence-electron chi connectivity index (χ0n) is 10.7. The number of carbonyl (C=O) groups excluding carboxylic acids is 1. The van der Waals surface area contributed by atoms with Crippen molar-refractivity contribution in [3.63, 3.8) is 0 Å². The third-order valence-electron chi connectivity index (χ3n) is 3.31. The van der Waals surface area contributed by atoms with Crippen LogP contribution >= 0.6 is 11.8 Å². The molecule has 1 fully saturated rings. The fourth-order valence-corrected chi connectivity index (χ4v) is 3.43. The first-order chi connectivity index (χ1) is 9.04. The van der Waals surface area contributed by atoms with Crippen LogP contribution in [-0.2, 0) is 0 Å². The van der Waals surface area contributed by atoms with E-state index in [2.05, 4.69) is 12.2 Å². The number of hydrogen-bond donors (Lipinski definition) is 1. The van der Waals surface area contributed by atoms with Gasteiger partial charge in [-0.05, 0) is 37.7 Å². The lowest BCUT2D eigenvalue weighted by molar-refractivity contribution is -0.384. The maximum absolute atomic E-state index is 11.0. The standard InChI is InChI=1S/C13H16N2O3S/c1-13(5-2-6-19-13)9-14-11-4-3-10(8-16)7-12(11)15(17)18/h3-4,7-8,14H,2,5-6,9H2,1H3. The van der Waals surface area contributed by atoms with E-state index in [9.17, 15) is 14.9 Å². The van der Waals surface area contributed by atoms with Crippen molar-refractivity contribution < 1.29 is 9.72 Å². The number of nitrogens with zero attached hydrogens (tertiary/aromatic N) is 1. The smallest absolute Gasteiger partial charge is 0.293 e. The number of aldehydes is 1. The molecule has 0 aromatic heterocycles. The largest absolute Gasteiger partial charge is 0.378 e. The molecule has 5 nitrogen and oxygen atoms in total. The summed E-state index contributed by atoms with van der Waals surface area (Å²) in [6.45, 7) is 2.86. The van der Waals surface area contributed by atoms with E-state index in [1.165, 1.54) is 12.5 Å². The molecule has 1 aromatic rings. The van der Waals surface area contributed by atoms with Crippen LogP contribution in [0, 0.1) is 10.1 Å². The number of nitro benzene ring substituents is 1. The van der Waals surface area contributed by atoms with Crippen molar-refractivity contribution in [3.05, 3.63) is 33.9 Å². The number of hydrogen-bond acceptors (Lipinski definition) is 5. The SMILES string of the molecule is CC1(CNc2ccc(C=O)cc2[N+](=O)[O-])CCCS1. The monoisotopic (exact) mass is 280 g/mol. The highest BCUT2D eigenvalue weighted by Crippen LogP contribution is 2.38. The lowest BCUT2D eigenvalue weighted by atomic mass is 10.1. The zero-order chi connectivity index (χ0) is 13.9. The molecule has 0 bridgehead atoms. The van der Waals surface area contributed by atoms with Gasteiger partial charge in [0.25, 0.3) is 5.69 Å². The molecule has 2 rings (SSSR count). The topological polar surface area (TPSA) is 72.2 Å². The Bertz CT molecular complexity index is 499. The Balaban J connectivity index is 2.15. The van der Waals surface area contributed by atoms with Crippen LogP contribution in [0.25, 0.3) is 0 Å². The van der Waals surface area contributed by atoms with Crippen LogP contribution in [-0.4, -0.2) is 28.3 Å². The van der Waals surface area contributed by atoms with Gasteiger partial charge in [0.15, 0.2) is 0 Å². The summed E-state index contributed by atoms with van der Waals surface area (Å²) in [6.07, 6.45) is 2.92. The van der Waals surface area contributed by atoms with E-state index in [0.717, 1.165) is 12.2 Å². The van der Waals surface area contributed by atoms with Gasteiger partial charge in [0.1, 0.15) is 12.0 Å². The number of carbonyl (C=O) groups is 1. The van der Waals surface area contributed by atoms with Crippen molar-refractivity contribution >= 4 is 29.4 Å². The first kappa shape index (κ1) is 13.9. The average molecular weight is 280 g/mol. The van der Waals surface area contributed by atoms with Crippen molar-refractivity contribution in [1.29, 1.82) is 0 Å². The fraction of sp³-hybridized carbons (Fsp3) is 0.462. The lowest BCUT2D eigenvalue weighted by Gasteiger charge is -2.23. The van der Waals surface area contributed by atoms with Crippen molar-refractivity contribution in [3.8, 4) is 0 Å². The molecular weight excluding hydrogens is 264 g/mol. The first-order valence-electron chi connectivity index (χ1n) is 6.15. The highest BCUT2D eigenvalue weighted by Gasteiger charge is 2.29. The van der Waals surface area contributed by atoms with E-state index in [0.29, 0.717) is 24.1 Å². The van der Waals surface area contributed by atoms with Gasteiger partial charge in [-0.2, -0.15) is 11.8 Å². The fourth-order valence-electron chi connectivity index (χ4n) is 2.18. The number of nitro groups is 1. The normalized spacial score (nSPS) is 22.2. The number of benzene rings is 1. The van der Waals surface area contributed by atoms with Gasteiger partial charge >= 0.3 is 0 Å². The zero-order valence-corrected chi connectivity index (χ0v) is 11.5. The Morgan fingerprint density at radius 3 is 2.95 bits per heavy atom. The van der Waals surface area contributed by atoms with E-state index >= 15 is 0 Å². The molecule has 1 saturated heterocycles. The summed E-state index contributed by atoms with van der Waals surface area (Å²) >= 11 is 1.90. The molecule has 0 aliphatic carbocycles. The van der Waals surface area contributed by atoms with Gasteiger partial charge in [0.2, 0.25) is 0 Å². The van der Waals surface area contributed by atoms with Crippen LogP contribution in [0.3, 0.4) is 0 Å². The molecule has 0 amide bonds. The summed E-state index contributed by atoms with van der Waals surface area (Å²) in [6, 6.07) is 4.50. The molecule has 19 heavy (non-hydrogen) atoms. The second-order valence-electron chi connectivity index (χ2n) is 4.91. The number of anilines is 1. The highest BCUT2D eigenvalue weighted by molar-refractivity contribution is 8.00. The van der Waals surface area contributed by atoms with Gasteiger partial charge in [-0.15, -0.1) is 0 Å². The molecular formula is C13H16N2O3S. The summed E-state index contributed by atoms with van der Waals surface area (Å²) in [5.41, 5.74) is 0.749. The summed E-state index contributed by atoms with van der Waals surface area (Å²) in [5, 5.41) is 14.2. The van der Waals surface area contributed by atoms with Crippen molar-refractivity contribution in [2.75, 3.05) is 17.6 Å². The van der Waals surface area contributed by atoms with Crippen LogP contribution in [0.2, 0.25) is 0 Å². The molecule has 1 unspecified atom stereocenters. The molecule has 1 N–H and O–H groups in total. The Kier molecular flexibility index (Phi) is 4.09. The Morgan fingerprint density at radius 2 is 2.37 bits per heavy atom. The predicted molar refractivity (Wildman–Crippen MR) is 77.1 cm³/mol. The summed E-state index contributed by atoms with van der Waals surface area (Å²) in [5.74, 6) is 1.14. The van der Waals surface area contributed by atoms with Gasteiger partial charge in [0, 0.05) is 22.9 Å². The van der Waals surface area contributed by atoms with Crippen LogP contribution in [0.4, 0.5) is 11.4 Å². The number of rotatable bonds is 5. The molecule has 1 aliphatic heterocycles. The molecule has 1 atom stereocenters. The van der Waals surface area contributed by atoms with Gasteiger partial charge in [-0.25, -0.2) is 0 Å². The number of thioether (sulfide) groups is 1. The highest BCUT2D eigenvalue weighted by atomic mass is 32.2. The molecule has 1 heterocycles. The third kappa shape index (κ3) is 3.26. The van der Waals surface area contributed by atoms with Crippen LogP contribution in [0.1, 0.15) is 30.1 Å². The van der Waals surface area contributed by atoms with Crippen molar-refractivity contribution in [1.82, 2.24) is 0 Å². The van der Waals surface area contributed by atoms with Gasteiger partial charge in [0.05, 0.1) is 4.92 Å². The molecule has 6 heteroatoms.